The molecule has 0 unspecified atom stereocenters. The lowest BCUT2D eigenvalue weighted by atomic mass is 9.54. The maximum atomic E-state index is 11.4. The van der Waals surface area contributed by atoms with Gasteiger partial charge < -0.3 is 0 Å². The van der Waals surface area contributed by atoms with E-state index in [4.69, 9.17) is 0 Å². The van der Waals surface area contributed by atoms with E-state index in [1.54, 1.807) is 6.08 Å². The van der Waals surface area contributed by atoms with Gasteiger partial charge in [-0.2, -0.15) is 4.99 Å². The maximum Gasteiger partial charge on any atom is 0.235 e. The summed E-state index contributed by atoms with van der Waals surface area (Å²) in [6, 6.07) is 0. The normalized spacial score (nSPS) is 30.0. The van der Waals surface area contributed by atoms with Crippen molar-refractivity contribution in [1.82, 2.24) is 0 Å². The Bertz CT molecular complexity index is 438. The highest BCUT2D eigenvalue weighted by molar-refractivity contribution is 7.91. The van der Waals surface area contributed by atoms with Crippen LogP contribution in [0, 0.1) is 11.3 Å². The van der Waals surface area contributed by atoms with Crippen LogP contribution in [-0.4, -0.2) is 31.5 Å². The van der Waals surface area contributed by atoms with E-state index in [2.05, 4.69) is 18.8 Å². The summed E-state index contributed by atoms with van der Waals surface area (Å²) in [5.74, 6) is 0.725. The minimum atomic E-state index is -2.84. The minimum Gasteiger partial charge on any atom is -0.229 e. The molecular formula is C12H19NO3S. The molecule has 4 nitrogen and oxygen atoms in total. The molecule has 0 amide bonds. The fourth-order valence-electron chi connectivity index (χ4n) is 3.58. The predicted octanol–water partition coefficient (Wildman–Crippen LogP) is 1.71. The molecule has 2 aliphatic rings. The van der Waals surface area contributed by atoms with E-state index < -0.39 is 9.84 Å². The summed E-state index contributed by atoms with van der Waals surface area (Å²) in [5.41, 5.74) is -0.0993. The monoisotopic (exact) mass is 257 g/mol. The summed E-state index contributed by atoms with van der Waals surface area (Å²) >= 11 is 0. The van der Waals surface area contributed by atoms with E-state index in [1.165, 1.54) is 0 Å². The Morgan fingerprint density at radius 2 is 1.71 bits per heavy atom. The van der Waals surface area contributed by atoms with Crippen molar-refractivity contribution in [3.05, 3.63) is 0 Å². The third-order valence-corrected chi connectivity index (χ3v) is 5.87. The van der Waals surface area contributed by atoms with Crippen molar-refractivity contribution in [2.45, 2.75) is 45.1 Å². The highest BCUT2D eigenvalue weighted by atomic mass is 32.2. The van der Waals surface area contributed by atoms with Gasteiger partial charge >= 0.3 is 0 Å². The molecule has 96 valence electrons. The van der Waals surface area contributed by atoms with Crippen LogP contribution < -0.4 is 0 Å². The Balaban J connectivity index is 2.13. The first-order valence-corrected chi connectivity index (χ1v) is 7.90. The molecule has 2 rings (SSSR count). The predicted molar refractivity (Wildman–Crippen MR) is 65.2 cm³/mol. The van der Waals surface area contributed by atoms with E-state index >= 15 is 0 Å². The molecule has 1 saturated carbocycles. The number of aliphatic imine (C=N–C) groups is 1. The quantitative estimate of drug-likeness (QED) is 0.559. The summed E-state index contributed by atoms with van der Waals surface area (Å²) in [5, 5.41) is 0. The van der Waals surface area contributed by atoms with Gasteiger partial charge in [0.1, 0.15) is 9.84 Å². The molecule has 0 radical (unpaired) electrons. The van der Waals surface area contributed by atoms with E-state index in [-0.39, 0.29) is 28.4 Å². The van der Waals surface area contributed by atoms with Crippen LogP contribution in [0.5, 0.6) is 0 Å². The smallest absolute Gasteiger partial charge is 0.229 e. The topological polar surface area (TPSA) is 63.6 Å². The zero-order valence-electron chi connectivity index (χ0n) is 10.4. The van der Waals surface area contributed by atoms with Gasteiger partial charge in [-0.15, -0.1) is 0 Å². The van der Waals surface area contributed by atoms with Crippen LogP contribution in [0.3, 0.4) is 0 Å². The fraction of sp³-hybridized carbons (Fsp3) is 0.917. The Labute approximate surface area is 102 Å². The van der Waals surface area contributed by atoms with Crippen molar-refractivity contribution in [3.63, 3.8) is 0 Å². The highest BCUT2D eigenvalue weighted by Crippen LogP contribution is 2.56. The van der Waals surface area contributed by atoms with Crippen molar-refractivity contribution in [2.75, 3.05) is 11.5 Å². The number of hydrogen-bond acceptors (Lipinski definition) is 4. The van der Waals surface area contributed by atoms with Crippen molar-refractivity contribution in [1.29, 1.82) is 0 Å². The molecule has 1 aliphatic heterocycles. The summed E-state index contributed by atoms with van der Waals surface area (Å²) in [7, 11) is -2.84. The molecule has 17 heavy (non-hydrogen) atoms. The molecule has 0 aromatic carbocycles. The van der Waals surface area contributed by atoms with Gasteiger partial charge in [0, 0.05) is 0 Å². The zero-order valence-corrected chi connectivity index (χ0v) is 11.2. The number of sulfone groups is 1. The van der Waals surface area contributed by atoms with Crippen LogP contribution in [0.4, 0.5) is 0 Å². The minimum absolute atomic E-state index is 0.219. The Kier molecular flexibility index (Phi) is 2.95. The first-order valence-electron chi connectivity index (χ1n) is 6.08. The van der Waals surface area contributed by atoms with Gasteiger partial charge in [-0.05, 0) is 37.0 Å². The largest absolute Gasteiger partial charge is 0.235 e. The highest BCUT2D eigenvalue weighted by Gasteiger charge is 2.54. The molecule has 0 atom stereocenters. The van der Waals surface area contributed by atoms with E-state index in [0.717, 1.165) is 12.8 Å². The maximum absolute atomic E-state index is 11.4. The third kappa shape index (κ3) is 2.45. The lowest BCUT2D eigenvalue weighted by Gasteiger charge is -2.54. The van der Waals surface area contributed by atoms with Crippen molar-refractivity contribution >= 4 is 15.9 Å². The van der Waals surface area contributed by atoms with Crippen LogP contribution in [0.15, 0.2) is 4.99 Å². The van der Waals surface area contributed by atoms with Crippen LogP contribution in [0.25, 0.3) is 0 Å². The molecule has 2 fully saturated rings. The van der Waals surface area contributed by atoms with Gasteiger partial charge in [-0.1, -0.05) is 13.8 Å². The number of hydrogen-bond donors (Lipinski definition) is 0. The number of carbonyl (C=O) groups excluding carboxylic acids is 1. The van der Waals surface area contributed by atoms with Gasteiger partial charge in [-0.25, -0.2) is 13.2 Å². The molecule has 1 heterocycles. The fourth-order valence-corrected chi connectivity index (χ4v) is 5.07. The average Bonchev–Trinajstić information content (AvgIpc) is 2.14. The van der Waals surface area contributed by atoms with E-state index in [9.17, 15) is 13.2 Å². The van der Waals surface area contributed by atoms with Crippen LogP contribution in [0.2, 0.25) is 0 Å². The standard InChI is InChI=1S/C12H19NO3S/c1-11(2)7-12(8-11,13-9-14)10-3-5-17(15,16)6-4-10/h10H,3-8H2,1-2H3. The van der Waals surface area contributed by atoms with Crippen LogP contribution in [0.1, 0.15) is 39.5 Å². The van der Waals surface area contributed by atoms with E-state index in [0.29, 0.717) is 12.8 Å². The molecule has 0 N–H and O–H groups in total. The SMILES string of the molecule is CC1(C)CC(N=C=O)(C2CCS(=O)(=O)CC2)C1. The second kappa shape index (κ2) is 3.92. The number of rotatable bonds is 2. The second-order valence-electron chi connectivity index (χ2n) is 6.25. The number of nitrogens with zero attached hydrogens (tertiary/aromatic N) is 1. The first-order chi connectivity index (χ1) is 7.79. The van der Waals surface area contributed by atoms with Crippen LogP contribution >= 0.6 is 0 Å². The van der Waals surface area contributed by atoms with Gasteiger partial charge in [0.15, 0.2) is 0 Å². The summed E-state index contributed by atoms with van der Waals surface area (Å²) in [4.78, 5) is 14.6. The average molecular weight is 257 g/mol. The molecule has 0 aromatic rings. The molecule has 5 heteroatoms. The summed E-state index contributed by atoms with van der Waals surface area (Å²) in [6.07, 6.45) is 4.73. The molecule has 0 bridgehead atoms. The first kappa shape index (κ1) is 12.8. The summed E-state index contributed by atoms with van der Waals surface area (Å²) < 4.78 is 22.8. The van der Waals surface area contributed by atoms with Crippen molar-refractivity contribution < 1.29 is 13.2 Å². The molecule has 0 aromatic heterocycles. The zero-order chi connectivity index (χ0) is 12.7. The summed E-state index contributed by atoms with van der Waals surface area (Å²) in [6.45, 7) is 4.32. The van der Waals surface area contributed by atoms with Crippen molar-refractivity contribution in [3.8, 4) is 0 Å². The molecular weight excluding hydrogens is 238 g/mol. The Hall–Kier alpha value is -0.670. The van der Waals surface area contributed by atoms with Crippen molar-refractivity contribution in [2.24, 2.45) is 16.3 Å². The molecule has 1 saturated heterocycles. The lowest BCUT2D eigenvalue weighted by Crippen LogP contribution is -2.54. The molecule has 0 spiro atoms. The van der Waals surface area contributed by atoms with Gasteiger partial charge in [0.05, 0.1) is 17.0 Å². The van der Waals surface area contributed by atoms with Crippen LogP contribution in [-0.2, 0) is 14.6 Å². The van der Waals surface area contributed by atoms with E-state index in [1.807, 2.05) is 0 Å². The van der Waals surface area contributed by atoms with Gasteiger partial charge in [0.2, 0.25) is 6.08 Å². The third-order valence-electron chi connectivity index (χ3n) is 4.15. The van der Waals surface area contributed by atoms with Gasteiger partial charge in [-0.3, -0.25) is 0 Å². The Morgan fingerprint density at radius 1 is 1.18 bits per heavy atom. The van der Waals surface area contributed by atoms with Gasteiger partial charge in [0.25, 0.3) is 0 Å². The second-order valence-corrected chi connectivity index (χ2v) is 8.55. The molecule has 1 aliphatic carbocycles. The number of isocyanates is 1. The Morgan fingerprint density at radius 3 is 2.12 bits per heavy atom. The lowest BCUT2D eigenvalue weighted by molar-refractivity contribution is 0.0148.